The number of sulfonamides is 1. The summed E-state index contributed by atoms with van der Waals surface area (Å²) in [6.07, 6.45) is 7.18. The van der Waals surface area contributed by atoms with Gasteiger partial charge in [0.05, 0.1) is 12.8 Å². The summed E-state index contributed by atoms with van der Waals surface area (Å²) < 4.78 is 33.1. The van der Waals surface area contributed by atoms with Crippen molar-refractivity contribution in [3.05, 3.63) is 60.8 Å². The maximum absolute atomic E-state index is 12.3. The number of pyridine rings is 1. The van der Waals surface area contributed by atoms with Crippen LogP contribution in [-0.2, 0) is 14.8 Å². The first-order valence-electron chi connectivity index (χ1n) is 8.35. The number of anilines is 1. The third-order valence-electron chi connectivity index (χ3n) is 3.85. The van der Waals surface area contributed by atoms with E-state index in [4.69, 9.17) is 4.74 Å². The molecule has 2 aromatic heterocycles. The van der Waals surface area contributed by atoms with Crippen LogP contribution < -0.4 is 14.8 Å². The van der Waals surface area contributed by atoms with Gasteiger partial charge in [-0.2, -0.15) is 5.10 Å². The summed E-state index contributed by atoms with van der Waals surface area (Å²) in [7, 11) is -1.02. The van der Waals surface area contributed by atoms with E-state index in [2.05, 4.69) is 25.1 Å². The summed E-state index contributed by atoms with van der Waals surface area (Å²) in [6.45, 7) is 0. The molecule has 29 heavy (non-hydrogen) atoms. The van der Waals surface area contributed by atoms with E-state index < -0.39 is 15.9 Å². The van der Waals surface area contributed by atoms with Gasteiger partial charge in [-0.3, -0.25) is 4.79 Å². The lowest BCUT2D eigenvalue weighted by atomic mass is 10.2. The molecule has 10 nitrogen and oxygen atoms in total. The fourth-order valence-corrected chi connectivity index (χ4v) is 3.39. The van der Waals surface area contributed by atoms with Gasteiger partial charge in [-0.05, 0) is 43.0 Å². The van der Waals surface area contributed by atoms with Crippen molar-refractivity contribution in [3.8, 4) is 11.6 Å². The molecule has 11 heteroatoms. The smallest absolute Gasteiger partial charge is 0.248 e. The molecule has 0 fully saturated rings. The standard InChI is InChI=1S/C18H18N6O4S/c1-19-29(26,27)16-10-13(5-7-15(16)28-2)6-8-17(25)23-14-4-3-9-21-18(14)24-12-20-11-22-24/h3-12,19H,1-2H3,(H,23,25)/b8-6+. The summed E-state index contributed by atoms with van der Waals surface area (Å²) in [5.74, 6) is 0.195. The number of nitrogens with one attached hydrogen (secondary N) is 2. The number of amides is 1. The highest BCUT2D eigenvalue weighted by Crippen LogP contribution is 2.25. The van der Waals surface area contributed by atoms with E-state index in [-0.39, 0.29) is 10.6 Å². The number of aromatic nitrogens is 4. The molecule has 0 spiro atoms. The Kier molecular flexibility index (Phi) is 6.00. The van der Waals surface area contributed by atoms with Gasteiger partial charge in [0.25, 0.3) is 0 Å². The fourth-order valence-electron chi connectivity index (χ4n) is 2.46. The van der Waals surface area contributed by atoms with Crippen LogP contribution in [0.2, 0.25) is 0 Å². The monoisotopic (exact) mass is 414 g/mol. The average Bonchev–Trinajstić information content (AvgIpc) is 3.27. The van der Waals surface area contributed by atoms with Gasteiger partial charge in [0.2, 0.25) is 15.9 Å². The second-order valence-corrected chi connectivity index (χ2v) is 7.51. The molecule has 0 bridgehead atoms. The predicted octanol–water partition coefficient (Wildman–Crippen LogP) is 1.23. The number of carbonyl (C=O) groups is 1. The molecule has 0 aliphatic rings. The van der Waals surface area contributed by atoms with Gasteiger partial charge in [-0.1, -0.05) is 6.07 Å². The number of benzene rings is 1. The zero-order valence-electron chi connectivity index (χ0n) is 15.6. The van der Waals surface area contributed by atoms with Crippen LogP contribution in [-0.4, -0.2) is 48.2 Å². The van der Waals surface area contributed by atoms with Crippen molar-refractivity contribution in [3.63, 3.8) is 0 Å². The maximum Gasteiger partial charge on any atom is 0.248 e. The molecule has 0 saturated carbocycles. The second kappa shape index (κ2) is 8.63. The lowest BCUT2D eigenvalue weighted by molar-refractivity contribution is -0.111. The van der Waals surface area contributed by atoms with Gasteiger partial charge >= 0.3 is 0 Å². The molecule has 150 valence electrons. The van der Waals surface area contributed by atoms with Crippen LogP contribution in [0.3, 0.4) is 0 Å². The predicted molar refractivity (Wildman–Crippen MR) is 106 cm³/mol. The Labute approximate surface area is 167 Å². The molecule has 1 amide bonds. The summed E-state index contributed by atoms with van der Waals surface area (Å²) in [6, 6.07) is 7.94. The molecular weight excluding hydrogens is 396 g/mol. The van der Waals surface area contributed by atoms with Crippen molar-refractivity contribution in [1.29, 1.82) is 0 Å². The Balaban J connectivity index is 1.81. The van der Waals surface area contributed by atoms with Crippen LogP contribution in [0.1, 0.15) is 5.56 Å². The molecule has 0 aliphatic heterocycles. The molecular formula is C18H18N6O4S. The number of hydrogen-bond donors (Lipinski definition) is 2. The van der Waals surface area contributed by atoms with Crippen molar-refractivity contribution in [1.82, 2.24) is 24.5 Å². The molecule has 1 aromatic carbocycles. The third kappa shape index (κ3) is 4.65. The van der Waals surface area contributed by atoms with Crippen molar-refractivity contribution >= 4 is 27.7 Å². The summed E-state index contributed by atoms with van der Waals surface area (Å²) >= 11 is 0. The zero-order chi connectivity index (χ0) is 20.9. The van der Waals surface area contributed by atoms with Gasteiger partial charge in [0, 0.05) is 12.3 Å². The van der Waals surface area contributed by atoms with Gasteiger partial charge in [-0.15, -0.1) is 0 Å². The summed E-state index contributed by atoms with van der Waals surface area (Å²) in [5.41, 5.74) is 0.957. The molecule has 0 radical (unpaired) electrons. The largest absolute Gasteiger partial charge is 0.495 e. The second-order valence-electron chi connectivity index (χ2n) is 5.66. The van der Waals surface area contributed by atoms with E-state index in [1.165, 1.54) is 55.8 Å². The number of carbonyl (C=O) groups excluding carboxylic acids is 1. The van der Waals surface area contributed by atoms with Crippen LogP contribution in [0.25, 0.3) is 11.9 Å². The number of ether oxygens (including phenoxy) is 1. The number of methoxy groups -OCH3 is 1. The minimum Gasteiger partial charge on any atom is -0.495 e. The van der Waals surface area contributed by atoms with Gasteiger partial charge in [-0.25, -0.2) is 27.8 Å². The molecule has 2 heterocycles. The van der Waals surface area contributed by atoms with E-state index in [0.717, 1.165) is 0 Å². The fraction of sp³-hybridized carbons (Fsp3) is 0.111. The van der Waals surface area contributed by atoms with Crippen molar-refractivity contribution in [2.45, 2.75) is 4.90 Å². The molecule has 3 rings (SSSR count). The van der Waals surface area contributed by atoms with E-state index in [9.17, 15) is 13.2 Å². The summed E-state index contributed by atoms with van der Waals surface area (Å²) in [5, 5.41) is 6.72. The Hall–Kier alpha value is -3.57. The minimum absolute atomic E-state index is 0.0224. The highest BCUT2D eigenvalue weighted by molar-refractivity contribution is 7.89. The van der Waals surface area contributed by atoms with E-state index in [1.54, 1.807) is 24.4 Å². The molecule has 3 aromatic rings. The normalized spacial score (nSPS) is 11.5. The number of rotatable bonds is 7. The number of hydrogen-bond acceptors (Lipinski definition) is 7. The van der Waals surface area contributed by atoms with Crippen LogP contribution in [0.5, 0.6) is 5.75 Å². The van der Waals surface area contributed by atoms with Gasteiger partial charge in [0.1, 0.15) is 23.3 Å². The first-order chi connectivity index (χ1) is 13.9. The van der Waals surface area contributed by atoms with Crippen molar-refractivity contribution < 1.29 is 17.9 Å². The van der Waals surface area contributed by atoms with Crippen LogP contribution in [0, 0.1) is 0 Å². The summed E-state index contributed by atoms with van der Waals surface area (Å²) in [4.78, 5) is 20.4. The average molecular weight is 414 g/mol. The Morgan fingerprint density at radius 2 is 2.10 bits per heavy atom. The SMILES string of the molecule is CNS(=O)(=O)c1cc(/C=C/C(=O)Nc2cccnc2-n2cncn2)ccc1OC. The minimum atomic E-state index is -3.71. The lowest BCUT2D eigenvalue weighted by Gasteiger charge is -2.09. The molecule has 0 atom stereocenters. The number of nitrogens with zero attached hydrogens (tertiary/aromatic N) is 4. The Morgan fingerprint density at radius 1 is 1.28 bits per heavy atom. The maximum atomic E-state index is 12.3. The van der Waals surface area contributed by atoms with Crippen molar-refractivity contribution in [2.75, 3.05) is 19.5 Å². The van der Waals surface area contributed by atoms with Crippen molar-refractivity contribution in [2.24, 2.45) is 0 Å². The van der Waals surface area contributed by atoms with Gasteiger partial charge < -0.3 is 10.1 Å². The quantitative estimate of drug-likeness (QED) is 0.557. The molecule has 0 saturated heterocycles. The van der Waals surface area contributed by atoms with E-state index in [0.29, 0.717) is 17.1 Å². The first-order valence-corrected chi connectivity index (χ1v) is 9.83. The Morgan fingerprint density at radius 3 is 2.79 bits per heavy atom. The molecule has 0 aliphatic carbocycles. The van der Waals surface area contributed by atoms with Crippen LogP contribution in [0.15, 0.2) is 60.2 Å². The van der Waals surface area contributed by atoms with E-state index >= 15 is 0 Å². The molecule has 2 N–H and O–H groups in total. The van der Waals surface area contributed by atoms with Crippen LogP contribution >= 0.6 is 0 Å². The Bertz CT molecular complexity index is 1140. The molecule has 0 unspecified atom stereocenters. The zero-order valence-corrected chi connectivity index (χ0v) is 16.4. The third-order valence-corrected chi connectivity index (χ3v) is 5.29. The first kappa shape index (κ1) is 20.2. The van der Waals surface area contributed by atoms with Crippen LogP contribution in [0.4, 0.5) is 5.69 Å². The highest BCUT2D eigenvalue weighted by Gasteiger charge is 2.17. The highest BCUT2D eigenvalue weighted by atomic mass is 32.2. The lowest BCUT2D eigenvalue weighted by Crippen LogP contribution is -2.19. The van der Waals surface area contributed by atoms with E-state index in [1.807, 2.05) is 0 Å². The van der Waals surface area contributed by atoms with Gasteiger partial charge in [0.15, 0.2) is 5.82 Å². The topological polar surface area (TPSA) is 128 Å².